The molecular weight excluding hydrogens is 230 g/mol. The van der Waals surface area contributed by atoms with Crippen LogP contribution < -0.4 is 5.32 Å². The number of non-ortho nitro benzene ring substituents is 1. The Morgan fingerprint density at radius 3 is 2.47 bits per heavy atom. The van der Waals surface area contributed by atoms with E-state index in [9.17, 15) is 20.2 Å². The summed E-state index contributed by atoms with van der Waals surface area (Å²) in [5.74, 6) is 0. The molecule has 17 heavy (non-hydrogen) atoms. The standard InChI is InChI=1S/C9H11N3O5/c1-6(13)5-10-8-3-2-7(11(14)15)4-9(8)12(16)17/h2-4,6,10,13H,5H2,1H3/t6-/m0/s1. The molecule has 0 saturated heterocycles. The number of hydrogen-bond acceptors (Lipinski definition) is 6. The Morgan fingerprint density at radius 1 is 1.35 bits per heavy atom. The first-order chi connectivity index (χ1) is 7.91. The van der Waals surface area contributed by atoms with Gasteiger partial charge < -0.3 is 10.4 Å². The molecule has 1 atom stereocenters. The number of nitrogens with one attached hydrogen (secondary N) is 1. The second-order valence-electron chi connectivity index (χ2n) is 3.45. The van der Waals surface area contributed by atoms with Gasteiger partial charge in [0.1, 0.15) is 5.69 Å². The molecule has 8 nitrogen and oxygen atoms in total. The van der Waals surface area contributed by atoms with E-state index in [4.69, 9.17) is 5.11 Å². The molecule has 0 aliphatic heterocycles. The molecule has 92 valence electrons. The molecule has 0 aliphatic carbocycles. The molecule has 0 radical (unpaired) electrons. The zero-order valence-electron chi connectivity index (χ0n) is 8.99. The molecule has 1 aromatic carbocycles. The van der Waals surface area contributed by atoms with Gasteiger partial charge in [-0.05, 0) is 13.0 Å². The van der Waals surface area contributed by atoms with Gasteiger partial charge in [0, 0.05) is 12.6 Å². The van der Waals surface area contributed by atoms with Gasteiger partial charge in [-0.15, -0.1) is 0 Å². The highest BCUT2D eigenvalue weighted by atomic mass is 16.6. The first-order valence-electron chi connectivity index (χ1n) is 4.76. The van der Waals surface area contributed by atoms with E-state index in [1.165, 1.54) is 13.0 Å². The van der Waals surface area contributed by atoms with E-state index in [1.54, 1.807) is 0 Å². The summed E-state index contributed by atoms with van der Waals surface area (Å²) in [6.45, 7) is 1.64. The lowest BCUT2D eigenvalue weighted by molar-refractivity contribution is -0.393. The molecule has 0 heterocycles. The van der Waals surface area contributed by atoms with Gasteiger partial charge >= 0.3 is 0 Å². The SMILES string of the molecule is C[C@H](O)CNc1ccc([N+](=O)[O-])cc1[N+](=O)[O-]. The third-order valence-corrected chi connectivity index (χ3v) is 1.98. The topological polar surface area (TPSA) is 119 Å². The van der Waals surface area contributed by atoms with E-state index in [1.807, 2.05) is 0 Å². The van der Waals surface area contributed by atoms with Crippen LogP contribution in [0.2, 0.25) is 0 Å². The molecule has 1 aromatic rings. The van der Waals surface area contributed by atoms with E-state index in [0.717, 1.165) is 12.1 Å². The number of rotatable bonds is 5. The average Bonchev–Trinajstić information content (AvgIpc) is 2.25. The predicted molar refractivity (Wildman–Crippen MR) is 59.9 cm³/mol. The van der Waals surface area contributed by atoms with E-state index < -0.39 is 16.0 Å². The van der Waals surface area contributed by atoms with Gasteiger partial charge in [-0.1, -0.05) is 0 Å². The molecule has 1 rings (SSSR count). The summed E-state index contributed by atoms with van der Waals surface area (Å²) in [4.78, 5) is 19.8. The lowest BCUT2D eigenvalue weighted by Gasteiger charge is -2.08. The number of aliphatic hydroxyl groups excluding tert-OH is 1. The smallest absolute Gasteiger partial charge is 0.299 e. The summed E-state index contributed by atoms with van der Waals surface area (Å²) in [5.41, 5.74) is -0.597. The Hall–Kier alpha value is -2.22. The highest BCUT2D eigenvalue weighted by Gasteiger charge is 2.19. The Kier molecular flexibility index (Phi) is 3.94. The largest absolute Gasteiger partial charge is 0.392 e. The van der Waals surface area contributed by atoms with Crippen LogP contribution in [0.1, 0.15) is 6.92 Å². The van der Waals surface area contributed by atoms with Crippen molar-refractivity contribution < 1.29 is 15.0 Å². The molecule has 0 aliphatic rings. The Morgan fingerprint density at radius 2 is 2.00 bits per heavy atom. The average molecular weight is 241 g/mol. The minimum absolute atomic E-state index is 0.124. The second-order valence-corrected chi connectivity index (χ2v) is 3.45. The van der Waals surface area contributed by atoms with Crippen molar-refractivity contribution in [2.24, 2.45) is 0 Å². The van der Waals surface area contributed by atoms with Crippen LogP contribution in [0.4, 0.5) is 17.1 Å². The molecule has 0 spiro atoms. The summed E-state index contributed by atoms with van der Waals surface area (Å²) < 4.78 is 0. The summed E-state index contributed by atoms with van der Waals surface area (Å²) in [7, 11) is 0. The molecule has 0 fully saturated rings. The van der Waals surface area contributed by atoms with Gasteiger partial charge in [0.05, 0.1) is 22.0 Å². The van der Waals surface area contributed by atoms with Crippen LogP contribution >= 0.6 is 0 Å². The van der Waals surface area contributed by atoms with E-state index >= 15 is 0 Å². The number of nitrogens with zero attached hydrogens (tertiary/aromatic N) is 2. The van der Waals surface area contributed by atoms with Crippen molar-refractivity contribution in [3.05, 3.63) is 38.4 Å². The van der Waals surface area contributed by atoms with Crippen LogP contribution in [0.15, 0.2) is 18.2 Å². The van der Waals surface area contributed by atoms with Gasteiger partial charge in [-0.3, -0.25) is 20.2 Å². The van der Waals surface area contributed by atoms with Gasteiger partial charge in [0.25, 0.3) is 11.4 Å². The fraction of sp³-hybridized carbons (Fsp3) is 0.333. The maximum absolute atomic E-state index is 10.7. The monoisotopic (exact) mass is 241 g/mol. The third-order valence-electron chi connectivity index (χ3n) is 1.98. The van der Waals surface area contributed by atoms with Crippen molar-refractivity contribution in [1.29, 1.82) is 0 Å². The van der Waals surface area contributed by atoms with Crippen molar-refractivity contribution in [2.45, 2.75) is 13.0 Å². The number of nitro groups is 2. The lowest BCUT2D eigenvalue weighted by Crippen LogP contribution is -2.16. The quantitative estimate of drug-likeness (QED) is 0.592. The van der Waals surface area contributed by atoms with Crippen molar-refractivity contribution in [3.63, 3.8) is 0 Å². The first-order valence-corrected chi connectivity index (χ1v) is 4.76. The maximum atomic E-state index is 10.7. The van der Waals surface area contributed by atoms with Crippen LogP contribution in [0.25, 0.3) is 0 Å². The van der Waals surface area contributed by atoms with Crippen LogP contribution in [-0.4, -0.2) is 27.6 Å². The van der Waals surface area contributed by atoms with E-state index in [2.05, 4.69) is 5.32 Å². The molecule has 0 saturated carbocycles. The molecule has 2 N–H and O–H groups in total. The molecule has 8 heteroatoms. The molecule has 0 amide bonds. The fourth-order valence-corrected chi connectivity index (χ4v) is 1.19. The van der Waals surface area contributed by atoms with Crippen molar-refractivity contribution in [3.8, 4) is 0 Å². The number of anilines is 1. The number of aliphatic hydroxyl groups is 1. The second kappa shape index (κ2) is 5.21. The molecule has 0 aromatic heterocycles. The number of hydrogen-bond donors (Lipinski definition) is 2. The molecule has 0 bridgehead atoms. The summed E-state index contributed by atoms with van der Waals surface area (Å²) in [6.07, 6.45) is -0.676. The summed E-state index contributed by atoms with van der Waals surface area (Å²) >= 11 is 0. The van der Waals surface area contributed by atoms with Crippen LogP contribution in [0.5, 0.6) is 0 Å². The van der Waals surface area contributed by atoms with E-state index in [0.29, 0.717) is 0 Å². The van der Waals surface area contributed by atoms with Crippen molar-refractivity contribution in [2.75, 3.05) is 11.9 Å². The van der Waals surface area contributed by atoms with Crippen LogP contribution in [-0.2, 0) is 0 Å². The zero-order chi connectivity index (χ0) is 13.0. The molecule has 0 unspecified atom stereocenters. The minimum atomic E-state index is -0.711. The first kappa shape index (κ1) is 12.8. The predicted octanol–water partition coefficient (Wildman–Crippen LogP) is 1.30. The maximum Gasteiger partial charge on any atom is 0.299 e. The Balaban J connectivity index is 3.04. The number of benzene rings is 1. The fourth-order valence-electron chi connectivity index (χ4n) is 1.19. The highest BCUT2D eigenvalue weighted by molar-refractivity contribution is 5.65. The van der Waals surface area contributed by atoms with Gasteiger partial charge in [-0.25, -0.2) is 0 Å². The van der Waals surface area contributed by atoms with Crippen LogP contribution in [0.3, 0.4) is 0 Å². The van der Waals surface area contributed by atoms with E-state index in [-0.39, 0.29) is 23.6 Å². The van der Waals surface area contributed by atoms with Gasteiger partial charge in [0.2, 0.25) is 0 Å². The summed E-state index contributed by atoms with van der Waals surface area (Å²) in [6, 6.07) is 3.29. The van der Waals surface area contributed by atoms with Gasteiger partial charge in [0.15, 0.2) is 0 Å². The van der Waals surface area contributed by atoms with Crippen molar-refractivity contribution >= 4 is 17.1 Å². The Labute approximate surface area is 96.2 Å². The molecular formula is C9H11N3O5. The lowest BCUT2D eigenvalue weighted by atomic mass is 10.2. The zero-order valence-corrected chi connectivity index (χ0v) is 8.99. The highest BCUT2D eigenvalue weighted by Crippen LogP contribution is 2.28. The minimum Gasteiger partial charge on any atom is -0.392 e. The van der Waals surface area contributed by atoms with Gasteiger partial charge in [-0.2, -0.15) is 0 Å². The number of nitro benzene ring substituents is 2. The van der Waals surface area contributed by atoms with Crippen molar-refractivity contribution in [1.82, 2.24) is 0 Å². The summed E-state index contributed by atoms with van der Waals surface area (Å²) in [5, 5.41) is 32.9. The third kappa shape index (κ3) is 3.38. The van der Waals surface area contributed by atoms with Crippen LogP contribution in [0, 0.1) is 20.2 Å². The normalized spacial score (nSPS) is 11.9. The Bertz CT molecular complexity index is 446.